The fourth-order valence-corrected chi connectivity index (χ4v) is 3.45. The average Bonchev–Trinajstić information content (AvgIpc) is 3.25. The molecule has 142 valence electrons. The van der Waals surface area contributed by atoms with Gasteiger partial charge in [0.15, 0.2) is 0 Å². The summed E-state index contributed by atoms with van der Waals surface area (Å²) in [5.41, 5.74) is 3.53. The summed E-state index contributed by atoms with van der Waals surface area (Å²) in [6.45, 7) is 4.56. The summed E-state index contributed by atoms with van der Waals surface area (Å²) < 4.78 is 1.88. The number of hydrogen-bond acceptors (Lipinski definition) is 3. The molecule has 0 saturated carbocycles. The molecule has 1 saturated heterocycles. The third kappa shape index (κ3) is 3.41. The minimum Gasteiger partial charge on any atom is -0.325 e. The topological polar surface area (TPSA) is 58.4 Å². The standard InChI is InChI=1S/C22H22N4O2/c1-16-3-7-20(8-4-16)26-13-17(2)25(14-21(26)27)22(28)18-5-9-19(10-6-18)24-12-11-23-15-24/h3-12,15,17H,13-14H2,1-2H3/t17-/m0/s1. The highest BCUT2D eigenvalue weighted by Crippen LogP contribution is 2.22. The van der Waals surface area contributed by atoms with Crippen molar-refractivity contribution < 1.29 is 9.59 Å². The summed E-state index contributed by atoms with van der Waals surface area (Å²) in [7, 11) is 0. The van der Waals surface area contributed by atoms with E-state index in [4.69, 9.17) is 0 Å². The number of carbonyl (C=O) groups is 2. The molecule has 2 aromatic carbocycles. The molecule has 6 nitrogen and oxygen atoms in total. The van der Waals surface area contributed by atoms with Gasteiger partial charge in [-0.3, -0.25) is 9.59 Å². The Bertz CT molecular complexity index is 978. The number of piperazine rings is 1. The molecule has 1 aliphatic rings. The highest BCUT2D eigenvalue weighted by atomic mass is 16.2. The molecule has 0 N–H and O–H groups in total. The Morgan fingerprint density at radius 2 is 1.71 bits per heavy atom. The largest absolute Gasteiger partial charge is 0.325 e. The second-order valence-corrected chi connectivity index (χ2v) is 7.14. The zero-order valence-corrected chi connectivity index (χ0v) is 15.9. The van der Waals surface area contributed by atoms with Crippen LogP contribution in [0.25, 0.3) is 5.69 Å². The summed E-state index contributed by atoms with van der Waals surface area (Å²) in [5.74, 6) is -0.188. The molecule has 6 heteroatoms. The lowest BCUT2D eigenvalue weighted by molar-refractivity contribution is -0.121. The van der Waals surface area contributed by atoms with Gasteiger partial charge in [-0.25, -0.2) is 4.98 Å². The Morgan fingerprint density at radius 1 is 1.04 bits per heavy atom. The average molecular weight is 374 g/mol. The van der Waals surface area contributed by atoms with E-state index in [2.05, 4.69) is 4.98 Å². The van der Waals surface area contributed by atoms with E-state index >= 15 is 0 Å². The Hall–Kier alpha value is -3.41. The van der Waals surface area contributed by atoms with Gasteiger partial charge >= 0.3 is 0 Å². The third-order valence-corrected chi connectivity index (χ3v) is 5.11. The summed E-state index contributed by atoms with van der Waals surface area (Å²) in [6, 6.07) is 15.2. The van der Waals surface area contributed by atoms with Gasteiger partial charge < -0.3 is 14.4 Å². The number of hydrogen-bond donors (Lipinski definition) is 0. The molecule has 0 aliphatic carbocycles. The first-order valence-corrected chi connectivity index (χ1v) is 9.29. The minimum absolute atomic E-state index is 0.0645. The summed E-state index contributed by atoms with van der Waals surface area (Å²) in [5, 5.41) is 0. The van der Waals surface area contributed by atoms with E-state index in [0.717, 1.165) is 16.9 Å². The van der Waals surface area contributed by atoms with E-state index in [-0.39, 0.29) is 24.4 Å². The lowest BCUT2D eigenvalue weighted by Gasteiger charge is -2.39. The van der Waals surface area contributed by atoms with E-state index in [9.17, 15) is 9.59 Å². The minimum atomic E-state index is -0.124. The van der Waals surface area contributed by atoms with Crippen molar-refractivity contribution in [3.05, 3.63) is 78.4 Å². The van der Waals surface area contributed by atoms with Crippen molar-refractivity contribution in [2.24, 2.45) is 0 Å². The molecule has 0 unspecified atom stereocenters. The number of carbonyl (C=O) groups excluding carboxylic acids is 2. The van der Waals surface area contributed by atoms with E-state index in [1.165, 1.54) is 0 Å². The van der Waals surface area contributed by atoms with Crippen LogP contribution in [-0.4, -0.2) is 45.4 Å². The van der Waals surface area contributed by atoms with Crippen LogP contribution in [0.1, 0.15) is 22.8 Å². The zero-order valence-electron chi connectivity index (χ0n) is 15.9. The van der Waals surface area contributed by atoms with Crippen LogP contribution in [0, 0.1) is 6.92 Å². The number of aryl methyl sites for hydroxylation is 1. The smallest absolute Gasteiger partial charge is 0.254 e. The molecule has 2 amide bonds. The fourth-order valence-electron chi connectivity index (χ4n) is 3.45. The van der Waals surface area contributed by atoms with Gasteiger partial charge in [0, 0.05) is 41.9 Å². The molecule has 0 radical (unpaired) electrons. The number of imidazole rings is 1. The van der Waals surface area contributed by atoms with Crippen LogP contribution in [0.3, 0.4) is 0 Å². The number of benzene rings is 2. The van der Waals surface area contributed by atoms with E-state index < -0.39 is 0 Å². The van der Waals surface area contributed by atoms with E-state index in [0.29, 0.717) is 12.1 Å². The molecule has 1 atom stereocenters. The summed E-state index contributed by atoms with van der Waals surface area (Å²) >= 11 is 0. The number of nitrogens with zero attached hydrogens (tertiary/aromatic N) is 4. The van der Waals surface area contributed by atoms with Crippen molar-refractivity contribution in [2.45, 2.75) is 19.9 Å². The van der Waals surface area contributed by atoms with Gasteiger partial charge in [-0.05, 0) is 50.2 Å². The maximum absolute atomic E-state index is 13.0. The molecule has 3 aromatic rings. The Balaban J connectivity index is 1.49. The van der Waals surface area contributed by atoms with Crippen molar-refractivity contribution in [3.8, 4) is 5.69 Å². The van der Waals surface area contributed by atoms with Crippen LogP contribution in [0.4, 0.5) is 5.69 Å². The van der Waals surface area contributed by atoms with Crippen LogP contribution < -0.4 is 4.90 Å². The lowest BCUT2D eigenvalue weighted by atomic mass is 10.1. The number of amides is 2. The van der Waals surface area contributed by atoms with Crippen molar-refractivity contribution in [3.63, 3.8) is 0 Å². The molecule has 0 spiro atoms. The van der Waals surface area contributed by atoms with Gasteiger partial charge in [-0.15, -0.1) is 0 Å². The molecule has 2 heterocycles. The van der Waals surface area contributed by atoms with Crippen LogP contribution in [0.15, 0.2) is 67.3 Å². The van der Waals surface area contributed by atoms with Crippen molar-refractivity contribution in [1.82, 2.24) is 14.5 Å². The molecule has 1 aliphatic heterocycles. The lowest BCUT2D eigenvalue weighted by Crippen LogP contribution is -2.57. The Labute approximate surface area is 164 Å². The quantitative estimate of drug-likeness (QED) is 0.708. The van der Waals surface area contributed by atoms with Gasteiger partial charge in [-0.2, -0.15) is 0 Å². The fraction of sp³-hybridized carbons (Fsp3) is 0.227. The second-order valence-electron chi connectivity index (χ2n) is 7.14. The summed E-state index contributed by atoms with van der Waals surface area (Å²) in [6.07, 6.45) is 5.27. The molecule has 0 bridgehead atoms. The number of aromatic nitrogens is 2. The van der Waals surface area contributed by atoms with Crippen LogP contribution >= 0.6 is 0 Å². The van der Waals surface area contributed by atoms with Gasteiger partial charge in [0.25, 0.3) is 5.91 Å². The Morgan fingerprint density at radius 3 is 2.36 bits per heavy atom. The SMILES string of the molecule is Cc1ccc(N2C[C@H](C)N(C(=O)c3ccc(-n4ccnc4)cc3)CC2=O)cc1. The van der Waals surface area contributed by atoms with Gasteiger partial charge in [-0.1, -0.05) is 17.7 Å². The highest BCUT2D eigenvalue weighted by molar-refractivity contribution is 6.02. The normalized spacial score (nSPS) is 17.1. The second kappa shape index (κ2) is 7.31. The molecule has 1 fully saturated rings. The molecule has 1 aromatic heterocycles. The maximum atomic E-state index is 13.0. The van der Waals surface area contributed by atoms with E-state index in [1.807, 2.05) is 61.0 Å². The molecular weight excluding hydrogens is 352 g/mol. The monoisotopic (exact) mass is 374 g/mol. The number of anilines is 1. The van der Waals surface area contributed by atoms with Gasteiger partial charge in [0.05, 0.1) is 6.33 Å². The van der Waals surface area contributed by atoms with Crippen molar-refractivity contribution >= 4 is 17.5 Å². The van der Waals surface area contributed by atoms with Gasteiger partial charge in [0.2, 0.25) is 5.91 Å². The predicted octanol–water partition coefficient (Wildman–Crippen LogP) is 3.06. The first-order valence-electron chi connectivity index (χ1n) is 9.29. The highest BCUT2D eigenvalue weighted by Gasteiger charge is 2.33. The first kappa shape index (κ1) is 18.0. The van der Waals surface area contributed by atoms with Gasteiger partial charge in [0.1, 0.15) is 6.54 Å². The van der Waals surface area contributed by atoms with Crippen LogP contribution in [-0.2, 0) is 4.79 Å². The molecule has 28 heavy (non-hydrogen) atoms. The van der Waals surface area contributed by atoms with Crippen LogP contribution in [0.5, 0.6) is 0 Å². The van der Waals surface area contributed by atoms with Crippen molar-refractivity contribution in [2.75, 3.05) is 18.0 Å². The predicted molar refractivity (Wildman–Crippen MR) is 108 cm³/mol. The van der Waals surface area contributed by atoms with Crippen LogP contribution in [0.2, 0.25) is 0 Å². The third-order valence-electron chi connectivity index (χ3n) is 5.11. The number of rotatable bonds is 3. The Kier molecular flexibility index (Phi) is 4.69. The maximum Gasteiger partial charge on any atom is 0.254 e. The summed E-state index contributed by atoms with van der Waals surface area (Å²) in [4.78, 5) is 33.1. The molecular formula is C22H22N4O2. The molecule has 4 rings (SSSR count). The zero-order chi connectivity index (χ0) is 19.7. The first-order chi connectivity index (χ1) is 13.5. The van der Waals surface area contributed by atoms with E-state index in [1.54, 1.807) is 34.5 Å². The van der Waals surface area contributed by atoms with Crippen molar-refractivity contribution in [1.29, 1.82) is 0 Å².